The van der Waals surface area contributed by atoms with Crippen LogP contribution in [0.15, 0.2) is 48.5 Å². The van der Waals surface area contributed by atoms with Gasteiger partial charge in [-0.2, -0.15) is 5.21 Å². The van der Waals surface area contributed by atoms with Gasteiger partial charge in [0.25, 0.3) is 5.91 Å². The highest BCUT2D eigenvalue weighted by molar-refractivity contribution is 7.12. The fourth-order valence-corrected chi connectivity index (χ4v) is 4.87. The van der Waals surface area contributed by atoms with E-state index in [0.717, 1.165) is 4.88 Å². The number of carbonyl (C=O) groups is 2. The van der Waals surface area contributed by atoms with Gasteiger partial charge in [0.15, 0.2) is 5.78 Å². The Bertz CT molecular complexity index is 1320. The van der Waals surface area contributed by atoms with Gasteiger partial charge in [0, 0.05) is 26.4 Å². The van der Waals surface area contributed by atoms with Gasteiger partial charge in [-0.15, -0.1) is 21.5 Å². The van der Waals surface area contributed by atoms with E-state index in [1.54, 1.807) is 30.3 Å². The zero-order chi connectivity index (χ0) is 23.5. The SMILES string of the molecule is CCc1cc(C(=O)c2ccccc2Cl)c(C(NC(=O)c2ccc(Cl)c(Cl)c2)c2nn[nH]n2)s1. The molecule has 33 heavy (non-hydrogen) atoms. The van der Waals surface area contributed by atoms with E-state index in [2.05, 4.69) is 25.9 Å². The van der Waals surface area contributed by atoms with Gasteiger partial charge in [-0.25, -0.2) is 0 Å². The summed E-state index contributed by atoms with van der Waals surface area (Å²) in [7, 11) is 0. The molecule has 0 spiro atoms. The highest BCUT2D eigenvalue weighted by Gasteiger charge is 2.30. The maximum Gasteiger partial charge on any atom is 0.252 e. The van der Waals surface area contributed by atoms with Crippen LogP contribution in [-0.2, 0) is 6.42 Å². The average Bonchev–Trinajstić information content (AvgIpc) is 3.49. The summed E-state index contributed by atoms with van der Waals surface area (Å²) < 4.78 is 0. The van der Waals surface area contributed by atoms with Gasteiger partial charge in [-0.3, -0.25) is 9.59 Å². The molecule has 2 N–H and O–H groups in total. The van der Waals surface area contributed by atoms with Crippen LogP contribution < -0.4 is 5.32 Å². The van der Waals surface area contributed by atoms with Crippen molar-refractivity contribution < 1.29 is 9.59 Å². The van der Waals surface area contributed by atoms with E-state index >= 15 is 0 Å². The molecular weight excluding hydrogens is 505 g/mol. The minimum Gasteiger partial charge on any atom is -0.337 e. The van der Waals surface area contributed by atoms with E-state index in [0.29, 0.717) is 38.0 Å². The number of tetrazole rings is 1. The molecule has 0 aliphatic heterocycles. The van der Waals surface area contributed by atoms with Gasteiger partial charge in [0.1, 0.15) is 6.04 Å². The molecular formula is C22H16Cl3N5O2S. The third kappa shape index (κ3) is 4.94. The second-order valence-electron chi connectivity index (χ2n) is 6.96. The molecule has 2 heterocycles. The number of ketones is 1. The molecule has 11 heteroatoms. The first-order valence-electron chi connectivity index (χ1n) is 9.80. The third-order valence-corrected chi connectivity index (χ3v) is 7.28. The summed E-state index contributed by atoms with van der Waals surface area (Å²) in [5.74, 6) is -0.490. The Morgan fingerprint density at radius 3 is 2.48 bits per heavy atom. The molecule has 0 saturated carbocycles. The molecule has 4 rings (SSSR count). The van der Waals surface area contributed by atoms with E-state index in [1.165, 1.54) is 23.5 Å². The molecule has 1 amide bonds. The van der Waals surface area contributed by atoms with Crippen LogP contribution in [0, 0.1) is 0 Å². The maximum absolute atomic E-state index is 13.4. The zero-order valence-electron chi connectivity index (χ0n) is 17.1. The van der Waals surface area contributed by atoms with Crippen LogP contribution in [0.4, 0.5) is 0 Å². The number of benzene rings is 2. The molecule has 0 fully saturated rings. The van der Waals surface area contributed by atoms with Crippen molar-refractivity contribution in [2.45, 2.75) is 19.4 Å². The highest BCUT2D eigenvalue weighted by atomic mass is 35.5. The van der Waals surface area contributed by atoms with E-state index in [-0.39, 0.29) is 16.6 Å². The molecule has 168 valence electrons. The molecule has 7 nitrogen and oxygen atoms in total. The van der Waals surface area contributed by atoms with Gasteiger partial charge in [0.2, 0.25) is 5.82 Å². The van der Waals surface area contributed by atoms with E-state index in [4.69, 9.17) is 34.8 Å². The second kappa shape index (κ2) is 10.0. The summed E-state index contributed by atoms with van der Waals surface area (Å²) in [6, 6.07) is 12.3. The minimum atomic E-state index is -0.836. The van der Waals surface area contributed by atoms with Crippen molar-refractivity contribution >= 4 is 57.8 Å². The van der Waals surface area contributed by atoms with Crippen LogP contribution in [0.5, 0.6) is 0 Å². The first-order chi connectivity index (χ1) is 15.9. The number of nitrogens with zero attached hydrogens (tertiary/aromatic N) is 3. The Kier molecular flexibility index (Phi) is 7.09. The number of nitrogens with one attached hydrogen (secondary N) is 2. The lowest BCUT2D eigenvalue weighted by atomic mass is 10.00. The molecule has 1 unspecified atom stereocenters. The third-order valence-electron chi connectivity index (χ3n) is 4.86. The Labute approximate surface area is 208 Å². The van der Waals surface area contributed by atoms with Crippen molar-refractivity contribution in [3.63, 3.8) is 0 Å². The first-order valence-corrected chi connectivity index (χ1v) is 11.7. The lowest BCUT2D eigenvalue weighted by Gasteiger charge is -2.16. The number of carbonyl (C=O) groups excluding carboxylic acids is 2. The van der Waals surface area contributed by atoms with E-state index in [1.807, 2.05) is 13.0 Å². The van der Waals surface area contributed by atoms with Gasteiger partial charge < -0.3 is 5.32 Å². The Morgan fingerprint density at radius 2 is 1.82 bits per heavy atom. The minimum absolute atomic E-state index is 0.209. The molecule has 0 bridgehead atoms. The number of aryl methyl sites for hydroxylation is 1. The van der Waals surface area contributed by atoms with E-state index < -0.39 is 11.9 Å². The summed E-state index contributed by atoms with van der Waals surface area (Å²) >= 11 is 19.7. The van der Waals surface area contributed by atoms with Crippen LogP contribution in [0.3, 0.4) is 0 Å². The Balaban J connectivity index is 1.78. The number of rotatable bonds is 7. The molecule has 2 aromatic heterocycles. The monoisotopic (exact) mass is 519 g/mol. The van der Waals surface area contributed by atoms with Crippen molar-refractivity contribution in [2.75, 3.05) is 0 Å². The number of halogens is 3. The fourth-order valence-electron chi connectivity index (χ4n) is 3.21. The number of H-pyrrole nitrogens is 1. The lowest BCUT2D eigenvalue weighted by Crippen LogP contribution is -2.30. The van der Waals surface area contributed by atoms with Crippen molar-refractivity contribution in [1.82, 2.24) is 25.9 Å². The lowest BCUT2D eigenvalue weighted by molar-refractivity contribution is 0.0939. The summed E-state index contributed by atoms with van der Waals surface area (Å²) in [5.41, 5.74) is 1.07. The molecule has 1 atom stereocenters. The standard InChI is InChI=1S/C22H16Cl3N5O2S/c1-2-12-10-14(19(31)13-5-3-4-6-15(13)23)20(33-12)18(21-27-29-30-28-21)26-22(32)11-7-8-16(24)17(25)9-11/h3-10,18H,2H2,1H3,(H,26,32)(H,27,28,29,30). The molecule has 0 saturated heterocycles. The first kappa shape index (κ1) is 23.4. The largest absolute Gasteiger partial charge is 0.337 e. The summed E-state index contributed by atoms with van der Waals surface area (Å²) in [4.78, 5) is 28.0. The fraction of sp³-hybridized carbons (Fsp3) is 0.136. The molecule has 4 aromatic rings. The van der Waals surface area contributed by atoms with E-state index in [9.17, 15) is 9.59 Å². The predicted octanol–water partition coefficient (Wildman–Crippen LogP) is 5.53. The summed E-state index contributed by atoms with van der Waals surface area (Å²) in [6.45, 7) is 1.98. The van der Waals surface area contributed by atoms with Crippen LogP contribution in [-0.4, -0.2) is 32.3 Å². The Hall–Kier alpha value is -2.78. The smallest absolute Gasteiger partial charge is 0.252 e. The van der Waals surface area contributed by atoms with Crippen molar-refractivity contribution in [3.8, 4) is 0 Å². The molecule has 0 aliphatic rings. The van der Waals surface area contributed by atoms with Gasteiger partial charge in [-0.1, -0.05) is 59.1 Å². The molecule has 0 radical (unpaired) electrons. The summed E-state index contributed by atoms with van der Waals surface area (Å²) in [5, 5.41) is 18.0. The van der Waals surface area contributed by atoms with Gasteiger partial charge in [-0.05, 0) is 42.8 Å². The summed E-state index contributed by atoms with van der Waals surface area (Å²) in [6.07, 6.45) is 0.702. The average molecular weight is 521 g/mol. The van der Waals surface area contributed by atoms with Crippen LogP contribution in [0.2, 0.25) is 15.1 Å². The number of hydrogen-bond acceptors (Lipinski definition) is 6. The Morgan fingerprint density at radius 1 is 1.03 bits per heavy atom. The van der Waals surface area contributed by atoms with Crippen LogP contribution in [0.1, 0.15) is 54.8 Å². The van der Waals surface area contributed by atoms with Crippen LogP contribution in [0.25, 0.3) is 0 Å². The molecule has 2 aromatic carbocycles. The second-order valence-corrected chi connectivity index (χ2v) is 9.35. The highest BCUT2D eigenvalue weighted by Crippen LogP contribution is 2.34. The number of amides is 1. The van der Waals surface area contributed by atoms with Crippen LogP contribution >= 0.6 is 46.1 Å². The predicted molar refractivity (Wildman–Crippen MR) is 129 cm³/mol. The zero-order valence-corrected chi connectivity index (χ0v) is 20.2. The number of aromatic nitrogens is 4. The van der Waals surface area contributed by atoms with Crippen molar-refractivity contribution in [1.29, 1.82) is 0 Å². The topological polar surface area (TPSA) is 101 Å². The number of thiophene rings is 1. The normalized spacial score (nSPS) is 11.9. The van der Waals surface area contributed by atoms with Gasteiger partial charge >= 0.3 is 0 Å². The quantitative estimate of drug-likeness (QED) is 0.312. The van der Waals surface area contributed by atoms with Crippen molar-refractivity contribution in [3.05, 3.63) is 95.9 Å². The van der Waals surface area contributed by atoms with Crippen molar-refractivity contribution in [2.24, 2.45) is 0 Å². The van der Waals surface area contributed by atoms with Gasteiger partial charge in [0.05, 0.1) is 15.1 Å². The maximum atomic E-state index is 13.4. The number of hydrogen-bond donors (Lipinski definition) is 2. The number of aromatic amines is 1. The molecule has 0 aliphatic carbocycles.